The lowest BCUT2D eigenvalue weighted by Crippen LogP contribution is -2.27. The molecule has 2 heterocycles. The lowest BCUT2D eigenvalue weighted by atomic mass is 9.97. The quantitative estimate of drug-likeness (QED) is 0.719. The van der Waals surface area contributed by atoms with Gasteiger partial charge in [0.25, 0.3) is 0 Å². The standard InChI is InChI=1S/C9H13N3O2/c1-6-2-10-4-8(6)9(13)12-7-3-11-14-5-7/h3,5-6,8,10H,2,4H2,1H3,(H,12,13). The molecule has 0 aromatic carbocycles. The summed E-state index contributed by atoms with van der Waals surface area (Å²) < 4.78 is 4.62. The van der Waals surface area contributed by atoms with Crippen LogP contribution in [0.5, 0.6) is 0 Å². The van der Waals surface area contributed by atoms with Crippen LogP contribution in [0.15, 0.2) is 17.0 Å². The molecule has 0 spiro atoms. The van der Waals surface area contributed by atoms with E-state index in [1.165, 1.54) is 12.5 Å². The Morgan fingerprint density at radius 2 is 2.57 bits per heavy atom. The summed E-state index contributed by atoms with van der Waals surface area (Å²) in [5.41, 5.74) is 0.620. The average molecular weight is 195 g/mol. The first-order valence-electron chi connectivity index (χ1n) is 4.68. The van der Waals surface area contributed by atoms with E-state index in [-0.39, 0.29) is 11.8 Å². The highest BCUT2D eigenvalue weighted by molar-refractivity contribution is 5.92. The molecule has 0 saturated carbocycles. The van der Waals surface area contributed by atoms with Crippen LogP contribution < -0.4 is 10.6 Å². The van der Waals surface area contributed by atoms with E-state index >= 15 is 0 Å². The van der Waals surface area contributed by atoms with Crippen molar-refractivity contribution in [3.8, 4) is 0 Å². The predicted octanol–water partition coefficient (Wildman–Crippen LogP) is 0.469. The van der Waals surface area contributed by atoms with E-state index in [0.29, 0.717) is 11.6 Å². The van der Waals surface area contributed by atoms with Crippen molar-refractivity contribution in [2.24, 2.45) is 11.8 Å². The number of nitrogens with zero attached hydrogens (tertiary/aromatic N) is 1. The minimum atomic E-state index is 0.0331. The normalized spacial score (nSPS) is 26.4. The van der Waals surface area contributed by atoms with Gasteiger partial charge in [0.05, 0.1) is 12.1 Å². The van der Waals surface area contributed by atoms with Crippen molar-refractivity contribution in [3.05, 3.63) is 12.5 Å². The van der Waals surface area contributed by atoms with Crippen LogP contribution in [0.1, 0.15) is 6.92 Å². The predicted molar refractivity (Wildman–Crippen MR) is 50.7 cm³/mol. The first-order valence-corrected chi connectivity index (χ1v) is 4.68. The van der Waals surface area contributed by atoms with Crippen molar-refractivity contribution in [3.63, 3.8) is 0 Å². The summed E-state index contributed by atoms with van der Waals surface area (Å²) in [5.74, 6) is 0.463. The molecule has 5 heteroatoms. The van der Waals surface area contributed by atoms with Gasteiger partial charge in [0.15, 0.2) is 0 Å². The van der Waals surface area contributed by atoms with E-state index in [0.717, 1.165) is 13.1 Å². The SMILES string of the molecule is CC1CNCC1C(=O)Nc1cnoc1. The third-order valence-electron chi connectivity index (χ3n) is 2.55. The Morgan fingerprint density at radius 3 is 3.14 bits per heavy atom. The molecule has 1 aliphatic rings. The van der Waals surface area contributed by atoms with Crippen LogP contribution in [-0.4, -0.2) is 24.2 Å². The number of anilines is 1. The van der Waals surface area contributed by atoms with Crippen LogP contribution >= 0.6 is 0 Å². The molecule has 2 rings (SSSR count). The van der Waals surface area contributed by atoms with E-state index in [4.69, 9.17) is 0 Å². The van der Waals surface area contributed by atoms with Crippen molar-refractivity contribution >= 4 is 11.6 Å². The summed E-state index contributed by atoms with van der Waals surface area (Å²) in [7, 11) is 0. The highest BCUT2D eigenvalue weighted by Gasteiger charge is 2.29. The van der Waals surface area contributed by atoms with Gasteiger partial charge in [-0.25, -0.2) is 0 Å². The van der Waals surface area contributed by atoms with E-state index in [2.05, 4.69) is 27.2 Å². The molecule has 2 atom stereocenters. The van der Waals surface area contributed by atoms with Gasteiger partial charge in [0.1, 0.15) is 12.0 Å². The summed E-state index contributed by atoms with van der Waals surface area (Å²) >= 11 is 0. The molecule has 2 N–H and O–H groups in total. The fourth-order valence-corrected chi connectivity index (χ4v) is 1.66. The van der Waals surface area contributed by atoms with Gasteiger partial charge < -0.3 is 15.2 Å². The van der Waals surface area contributed by atoms with Crippen molar-refractivity contribution in [1.82, 2.24) is 10.5 Å². The zero-order chi connectivity index (χ0) is 9.97. The van der Waals surface area contributed by atoms with E-state index in [1.54, 1.807) is 0 Å². The van der Waals surface area contributed by atoms with E-state index in [9.17, 15) is 4.79 Å². The van der Waals surface area contributed by atoms with Gasteiger partial charge in [-0.2, -0.15) is 0 Å². The van der Waals surface area contributed by atoms with Crippen molar-refractivity contribution in [2.45, 2.75) is 6.92 Å². The summed E-state index contributed by atoms with van der Waals surface area (Å²) in [5, 5.41) is 9.46. The summed E-state index contributed by atoms with van der Waals surface area (Å²) in [6.45, 7) is 3.72. The molecule has 5 nitrogen and oxygen atoms in total. The molecule has 14 heavy (non-hydrogen) atoms. The second kappa shape index (κ2) is 3.79. The first kappa shape index (κ1) is 9.21. The number of aromatic nitrogens is 1. The highest BCUT2D eigenvalue weighted by Crippen LogP contribution is 2.17. The average Bonchev–Trinajstić information content (AvgIpc) is 2.75. The lowest BCUT2D eigenvalue weighted by molar-refractivity contribution is -0.120. The Kier molecular flexibility index (Phi) is 2.49. The number of nitrogens with one attached hydrogen (secondary N) is 2. The van der Waals surface area contributed by atoms with Crippen LogP contribution in [0, 0.1) is 11.8 Å². The monoisotopic (exact) mass is 195 g/mol. The molecule has 0 bridgehead atoms. The molecule has 2 unspecified atom stereocenters. The molecule has 1 aliphatic heterocycles. The first-order chi connectivity index (χ1) is 6.77. The Labute approximate surface area is 81.8 Å². The number of amides is 1. The number of rotatable bonds is 2. The van der Waals surface area contributed by atoms with Crippen molar-refractivity contribution in [1.29, 1.82) is 0 Å². The zero-order valence-corrected chi connectivity index (χ0v) is 7.99. The maximum absolute atomic E-state index is 11.7. The maximum atomic E-state index is 11.7. The largest absolute Gasteiger partial charge is 0.363 e. The Morgan fingerprint density at radius 1 is 1.71 bits per heavy atom. The van der Waals surface area contributed by atoms with Crippen LogP contribution in [0.2, 0.25) is 0 Å². The third kappa shape index (κ3) is 1.77. The molecule has 76 valence electrons. The van der Waals surface area contributed by atoms with Gasteiger partial charge in [-0.3, -0.25) is 4.79 Å². The zero-order valence-electron chi connectivity index (χ0n) is 7.99. The van der Waals surface area contributed by atoms with Gasteiger partial charge in [-0.1, -0.05) is 12.1 Å². The maximum Gasteiger partial charge on any atom is 0.229 e. The Hall–Kier alpha value is -1.36. The van der Waals surface area contributed by atoms with Crippen LogP contribution in [-0.2, 0) is 4.79 Å². The molecular formula is C9H13N3O2. The number of hydrogen-bond donors (Lipinski definition) is 2. The van der Waals surface area contributed by atoms with Crippen molar-refractivity contribution < 1.29 is 9.32 Å². The van der Waals surface area contributed by atoms with E-state index < -0.39 is 0 Å². The van der Waals surface area contributed by atoms with Crippen LogP contribution in [0.3, 0.4) is 0 Å². The van der Waals surface area contributed by atoms with Crippen molar-refractivity contribution in [2.75, 3.05) is 18.4 Å². The number of carbonyl (C=O) groups excluding carboxylic acids is 1. The topological polar surface area (TPSA) is 67.2 Å². The highest BCUT2D eigenvalue weighted by atomic mass is 16.5. The Balaban J connectivity index is 1.95. The molecule has 1 amide bonds. The fourth-order valence-electron chi connectivity index (χ4n) is 1.66. The molecule has 1 fully saturated rings. The minimum absolute atomic E-state index is 0.0331. The van der Waals surface area contributed by atoms with Gasteiger partial charge in [-0.05, 0) is 12.5 Å². The van der Waals surface area contributed by atoms with Gasteiger partial charge in [0, 0.05) is 6.54 Å². The van der Waals surface area contributed by atoms with Gasteiger partial charge in [0.2, 0.25) is 5.91 Å². The molecule has 1 aromatic heterocycles. The molecule has 0 radical (unpaired) electrons. The van der Waals surface area contributed by atoms with Crippen LogP contribution in [0.25, 0.3) is 0 Å². The molecule has 1 saturated heterocycles. The fraction of sp³-hybridized carbons (Fsp3) is 0.556. The third-order valence-corrected chi connectivity index (χ3v) is 2.55. The lowest BCUT2D eigenvalue weighted by Gasteiger charge is -2.12. The molecule has 1 aromatic rings. The summed E-state index contributed by atoms with van der Waals surface area (Å²) in [4.78, 5) is 11.7. The second-order valence-corrected chi connectivity index (χ2v) is 3.64. The van der Waals surface area contributed by atoms with Gasteiger partial charge in [-0.15, -0.1) is 0 Å². The smallest absolute Gasteiger partial charge is 0.229 e. The van der Waals surface area contributed by atoms with E-state index in [1.807, 2.05) is 0 Å². The minimum Gasteiger partial charge on any atom is -0.363 e. The Bertz CT molecular complexity index is 310. The van der Waals surface area contributed by atoms with Gasteiger partial charge >= 0.3 is 0 Å². The van der Waals surface area contributed by atoms with Crippen LogP contribution in [0.4, 0.5) is 5.69 Å². The summed E-state index contributed by atoms with van der Waals surface area (Å²) in [6.07, 6.45) is 2.91. The molecule has 0 aliphatic carbocycles. The second-order valence-electron chi connectivity index (χ2n) is 3.64. The molecular weight excluding hydrogens is 182 g/mol. The number of hydrogen-bond acceptors (Lipinski definition) is 4. The number of carbonyl (C=O) groups is 1. The summed E-state index contributed by atoms with van der Waals surface area (Å²) in [6, 6.07) is 0.